The Morgan fingerprint density at radius 2 is 1.94 bits per heavy atom. The Morgan fingerprint density at radius 1 is 1.25 bits per heavy atom. The molecule has 0 unspecified atom stereocenters. The van der Waals surface area contributed by atoms with Crippen LogP contribution in [0.1, 0.15) is 18.9 Å². The van der Waals surface area contributed by atoms with Gasteiger partial charge in [0, 0.05) is 0 Å². The van der Waals surface area contributed by atoms with Crippen LogP contribution in [0.5, 0.6) is 0 Å². The van der Waals surface area contributed by atoms with Crippen LogP contribution in [0.15, 0.2) is 36.4 Å². The molecular weight excluding hydrogens is 224 g/mol. The summed E-state index contributed by atoms with van der Waals surface area (Å²) in [5.41, 5.74) is 1.07. The number of hydrogen-bond acceptors (Lipinski definition) is 3. The molecule has 3 nitrogen and oxygen atoms in total. The molecule has 0 saturated carbocycles. The zero-order chi connectivity index (χ0) is 11.9. The van der Waals surface area contributed by atoms with Crippen molar-refractivity contribution in [2.45, 2.75) is 13.3 Å². The second kappa shape index (κ2) is 6.45. The van der Waals surface area contributed by atoms with Gasteiger partial charge >= 0.3 is 0 Å². The first-order valence-electron chi connectivity index (χ1n) is 5.23. The standard InChI is InChI=1S/C12H16O3S/c1-2-15-16(13,14)11-7-6-10-12-8-4-3-5-9-12/h3-6,8-10H,2,7,11H2,1H3. The van der Waals surface area contributed by atoms with E-state index in [-0.39, 0.29) is 12.4 Å². The van der Waals surface area contributed by atoms with Gasteiger partial charge in [0.05, 0.1) is 12.4 Å². The van der Waals surface area contributed by atoms with Crippen molar-refractivity contribution >= 4 is 16.2 Å². The van der Waals surface area contributed by atoms with Crippen molar-refractivity contribution in [1.82, 2.24) is 0 Å². The highest BCUT2D eigenvalue weighted by Gasteiger charge is 2.07. The highest BCUT2D eigenvalue weighted by molar-refractivity contribution is 7.86. The Bertz CT molecular complexity index is 421. The van der Waals surface area contributed by atoms with E-state index in [1.165, 1.54) is 0 Å². The van der Waals surface area contributed by atoms with Crippen molar-refractivity contribution in [2.24, 2.45) is 0 Å². The van der Waals surface area contributed by atoms with Crippen molar-refractivity contribution in [3.8, 4) is 0 Å². The first kappa shape index (κ1) is 12.9. The number of allylic oxidation sites excluding steroid dienone is 1. The largest absolute Gasteiger partial charge is 0.270 e. The summed E-state index contributed by atoms with van der Waals surface area (Å²) in [6.07, 6.45) is 4.21. The minimum atomic E-state index is -3.34. The van der Waals surface area contributed by atoms with Crippen molar-refractivity contribution in [3.63, 3.8) is 0 Å². The monoisotopic (exact) mass is 240 g/mol. The lowest BCUT2D eigenvalue weighted by molar-refractivity contribution is 0.338. The maximum absolute atomic E-state index is 11.2. The van der Waals surface area contributed by atoms with Crippen LogP contribution in [0.25, 0.3) is 6.08 Å². The molecule has 0 aliphatic carbocycles. The van der Waals surface area contributed by atoms with E-state index in [9.17, 15) is 8.42 Å². The van der Waals surface area contributed by atoms with Crippen LogP contribution >= 0.6 is 0 Å². The second-order valence-corrected chi connectivity index (χ2v) is 5.03. The lowest BCUT2D eigenvalue weighted by atomic mass is 10.2. The topological polar surface area (TPSA) is 43.4 Å². The van der Waals surface area contributed by atoms with Crippen LogP contribution in [0.3, 0.4) is 0 Å². The normalized spacial score (nSPS) is 12.1. The average molecular weight is 240 g/mol. The maximum atomic E-state index is 11.2. The molecule has 1 aromatic rings. The van der Waals surface area contributed by atoms with Crippen LogP contribution in [-0.4, -0.2) is 20.8 Å². The molecule has 0 aromatic heterocycles. The van der Waals surface area contributed by atoms with Crippen molar-refractivity contribution < 1.29 is 12.6 Å². The van der Waals surface area contributed by atoms with Crippen LogP contribution < -0.4 is 0 Å². The molecule has 0 spiro atoms. The third-order valence-electron chi connectivity index (χ3n) is 1.94. The van der Waals surface area contributed by atoms with E-state index < -0.39 is 10.1 Å². The minimum Gasteiger partial charge on any atom is -0.270 e. The summed E-state index contributed by atoms with van der Waals surface area (Å²) >= 11 is 0. The smallest absolute Gasteiger partial charge is 0.267 e. The first-order chi connectivity index (χ1) is 7.64. The van der Waals surface area contributed by atoms with Gasteiger partial charge in [-0.15, -0.1) is 0 Å². The lowest BCUT2D eigenvalue weighted by Gasteiger charge is -1.99. The fourth-order valence-corrected chi connectivity index (χ4v) is 2.14. The molecule has 1 rings (SSSR count). The number of benzene rings is 1. The molecule has 88 valence electrons. The highest BCUT2D eigenvalue weighted by Crippen LogP contribution is 2.03. The fourth-order valence-electron chi connectivity index (χ4n) is 1.23. The predicted molar refractivity (Wildman–Crippen MR) is 65.5 cm³/mol. The second-order valence-electron chi connectivity index (χ2n) is 3.27. The Morgan fingerprint density at radius 3 is 2.56 bits per heavy atom. The van der Waals surface area contributed by atoms with E-state index in [1.807, 2.05) is 42.5 Å². The molecule has 0 amide bonds. The van der Waals surface area contributed by atoms with Gasteiger partial charge in [0.15, 0.2) is 0 Å². The molecule has 0 N–H and O–H groups in total. The third kappa shape index (κ3) is 5.09. The van der Waals surface area contributed by atoms with Crippen LogP contribution in [0.4, 0.5) is 0 Å². The first-order valence-corrected chi connectivity index (χ1v) is 6.80. The Kier molecular flexibility index (Phi) is 5.22. The van der Waals surface area contributed by atoms with Crippen LogP contribution in [0, 0.1) is 0 Å². The molecule has 0 heterocycles. The zero-order valence-corrected chi connectivity index (χ0v) is 10.1. The Balaban J connectivity index is 2.39. The number of hydrogen-bond donors (Lipinski definition) is 0. The van der Waals surface area contributed by atoms with Gasteiger partial charge < -0.3 is 0 Å². The van der Waals surface area contributed by atoms with Crippen LogP contribution in [0.2, 0.25) is 0 Å². The van der Waals surface area contributed by atoms with E-state index in [2.05, 4.69) is 4.18 Å². The van der Waals surface area contributed by atoms with Gasteiger partial charge in [-0.25, -0.2) is 0 Å². The molecule has 0 fully saturated rings. The number of rotatable bonds is 6. The van der Waals surface area contributed by atoms with Gasteiger partial charge in [0.1, 0.15) is 0 Å². The summed E-state index contributed by atoms with van der Waals surface area (Å²) in [5, 5.41) is 0. The third-order valence-corrected chi connectivity index (χ3v) is 3.27. The van der Waals surface area contributed by atoms with Crippen molar-refractivity contribution in [2.75, 3.05) is 12.4 Å². The molecule has 0 atom stereocenters. The Hall–Kier alpha value is -1.13. The van der Waals surface area contributed by atoms with Gasteiger partial charge in [-0.3, -0.25) is 4.18 Å². The van der Waals surface area contributed by atoms with E-state index in [0.717, 1.165) is 5.56 Å². The molecule has 4 heteroatoms. The van der Waals surface area contributed by atoms with Gasteiger partial charge in [0.25, 0.3) is 10.1 Å². The molecule has 0 aliphatic rings. The summed E-state index contributed by atoms with van der Waals surface area (Å²) in [6, 6.07) is 9.76. The van der Waals surface area contributed by atoms with E-state index >= 15 is 0 Å². The summed E-state index contributed by atoms with van der Waals surface area (Å²) in [7, 11) is -3.34. The molecular formula is C12H16O3S. The fraction of sp³-hybridized carbons (Fsp3) is 0.333. The van der Waals surface area contributed by atoms with Gasteiger partial charge in [-0.1, -0.05) is 42.5 Å². The molecule has 16 heavy (non-hydrogen) atoms. The van der Waals surface area contributed by atoms with Gasteiger partial charge in [-0.05, 0) is 18.9 Å². The Labute approximate surface area is 96.9 Å². The predicted octanol–water partition coefficient (Wildman–Crippen LogP) is 2.46. The molecule has 1 aromatic carbocycles. The summed E-state index contributed by atoms with van der Waals surface area (Å²) in [5.74, 6) is 0.0319. The summed E-state index contributed by atoms with van der Waals surface area (Å²) < 4.78 is 27.0. The summed E-state index contributed by atoms with van der Waals surface area (Å²) in [4.78, 5) is 0. The van der Waals surface area contributed by atoms with E-state index in [4.69, 9.17) is 0 Å². The van der Waals surface area contributed by atoms with Crippen molar-refractivity contribution in [1.29, 1.82) is 0 Å². The zero-order valence-electron chi connectivity index (χ0n) is 9.30. The van der Waals surface area contributed by atoms with Gasteiger partial charge in [0.2, 0.25) is 0 Å². The molecule has 0 bridgehead atoms. The molecule has 0 saturated heterocycles. The minimum absolute atomic E-state index is 0.0319. The van der Waals surface area contributed by atoms with Crippen molar-refractivity contribution in [3.05, 3.63) is 42.0 Å². The quantitative estimate of drug-likeness (QED) is 0.717. The molecule has 0 aliphatic heterocycles. The SMILES string of the molecule is CCOS(=O)(=O)CCC=Cc1ccccc1. The highest BCUT2D eigenvalue weighted by atomic mass is 32.2. The molecule has 0 radical (unpaired) electrons. The van der Waals surface area contributed by atoms with E-state index in [0.29, 0.717) is 6.42 Å². The lowest BCUT2D eigenvalue weighted by Crippen LogP contribution is -2.09. The van der Waals surface area contributed by atoms with E-state index in [1.54, 1.807) is 6.92 Å². The van der Waals surface area contributed by atoms with Crippen LogP contribution in [-0.2, 0) is 14.3 Å². The maximum Gasteiger partial charge on any atom is 0.267 e. The summed E-state index contributed by atoms with van der Waals surface area (Å²) in [6.45, 7) is 1.86. The average Bonchev–Trinajstić information content (AvgIpc) is 2.26. The van der Waals surface area contributed by atoms with Gasteiger partial charge in [-0.2, -0.15) is 8.42 Å².